The molecule has 4 rings (SSSR count). The molecule has 8 heteroatoms. The Labute approximate surface area is 143 Å². The first-order chi connectivity index (χ1) is 12.1. The number of nitrogens with zero attached hydrogens (tertiary/aromatic N) is 3. The molecule has 0 aliphatic carbocycles. The molecule has 0 bridgehead atoms. The van der Waals surface area contributed by atoms with Crippen molar-refractivity contribution in [2.24, 2.45) is 0 Å². The summed E-state index contributed by atoms with van der Waals surface area (Å²) >= 11 is 0. The summed E-state index contributed by atoms with van der Waals surface area (Å²) in [7, 11) is 0. The summed E-state index contributed by atoms with van der Waals surface area (Å²) in [6, 6.07) is 7.17. The number of ether oxygens (including phenoxy) is 2. The number of aromatic nitrogens is 2. The van der Waals surface area contributed by atoms with Crippen molar-refractivity contribution < 1.29 is 23.6 Å². The number of hydrogen-bond acceptors (Lipinski definition) is 7. The Balaban J connectivity index is 1.26. The van der Waals surface area contributed by atoms with Crippen molar-refractivity contribution in [3.63, 3.8) is 0 Å². The van der Waals surface area contributed by atoms with Crippen molar-refractivity contribution in [1.82, 2.24) is 15.0 Å². The largest absolute Gasteiger partial charge is 0.453 e. The van der Waals surface area contributed by atoms with Crippen LogP contribution in [-0.2, 0) is 20.9 Å². The van der Waals surface area contributed by atoms with Gasteiger partial charge < -0.3 is 18.9 Å². The molecule has 3 heterocycles. The van der Waals surface area contributed by atoms with Crippen LogP contribution in [0, 0.1) is 6.92 Å². The zero-order valence-corrected chi connectivity index (χ0v) is 13.7. The highest BCUT2D eigenvalue weighted by molar-refractivity contribution is 5.94. The van der Waals surface area contributed by atoms with Gasteiger partial charge in [0.15, 0.2) is 5.82 Å². The van der Waals surface area contributed by atoms with E-state index in [0.29, 0.717) is 30.4 Å². The van der Waals surface area contributed by atoms with Crippen molar-refractivity contribution >= 4 is 11.9 Å². The Hall–Kier alpha value is -2.74. The van der Waals surface area contributed by atoms with E-state index in [2.05, 4.69) is 10.1 Å². The lowest BCUT2D eigenvalue weighted by Gasteiger charge is -2.39. The summed E-state index contributed by atoms with van der Waals surface area (Å²) < 4.78 is 15.9. The van der Waals surface area contributed by atoms with Gasteiger partial charge >= 0.3 is 5.97 Å². The van der Waals surface area contributed by atoms with Gasteiger partial charge in [-0.2, -0.15) is 4.98 Å². The van der Waals surface area contributed by atoms with Gasteiger partial charge in [0, 0.05) is 18.7 Å². The van der Waals surface area contributed by atoms with Crippen molar-refractivity contribution in [1.29, 1.82) is 0 Å². The molecule has 2 aliphatic heterocycles. The molecular formula is C17H17N3O5. The number of amides is 1. The standard InChI is InChI=1S/C17H17N3O5/c1-10-18-15(25-19-10)9-23-11-7-20(8-11)16(21)6-14-12-4-2-3-5-13(12)17(22)24-14/h2-5,11,14H,6-9H2,1H3. The van der Waals surface area contributed by atoms with Crippen LogP contribution in [0.1, 0.15) is 40.2 Å². The second-order valence-corrected chi connectivity index (χ2v) is 6.15. The van der Waals surface area contributed by atoms with Gasteiger partial charge in [0.25, 0.3) is 5.89 Å². The van der Waals surface area contributed by atoms with E-state index in [1.807, 2.05) is 12.1 Å². The predicted molar refractivity (Wildman–Crippen MR) is 83.4 cm³/mol. The third-order valence-corrected chi connectivity index (χ3v) is 4.35. The molecule has 25 heavy (non-hydrogen) atoms. The number of carbonyl (C=O) groups is 2. The fraction of sp³-hybridized carbons (Fsp3) is 0.412. The molecule has 1 saturated heterocycles. The molecule has 2 aromatic rings. The predicted octanol–water partition coefficient (Wildman–Crippen LogP) is 1.41. The fourth-order valence-electron chi connectivity index (χ4n) is 2.99. The first kappa shape index (κ1) is 15.8. The number of hydrogen-bond donors (Lipinski definition) is 0. The number of fused-ring (bicyclic) bond motifs is 1. The van der Waals surface area contributed by atoms with Gasteiger partial charge in [-0.05, 0) is 13.0 Å². The molecule has 1 fully saturated rings. The van der Waals surface area contributed by atoms with E-state index in [9.17, 15) is 9.59 Å². The smallest absolute Gasteiger partial charge is 0.339 e. The number of benzene rings is 1. The Morgan fingerprint density at radius 3 is 2.92 bits per heavy atom. The maximum Gasteiger partial charge on any atom is 0.339 e. The molecule has 0 N–H and O–H groups in total. The third-order valence-electron chi connectivity index (χ3n) is 4.35. The molecule has 1 aromatic carbocycles. The summed E-state index contributed by atoms with van der Waals surface area (Å²) in [6.07, 6.45) is -0.398. The van der Waals surface area contributed by atoms with Gasteiger partial charge in [0.1, 0.15) is 12.7 Å². The van der Waals surface area contributed by atoms with Gasteiger partial charge in [-0.15, -0.1) is 0 Å². The van der Waals surface area contributed by atoms with Crippen LogP contribution >= 0.6 is 0 Å². The summed E-state index contributed by atoms with van der Waals surface area (Å²) in [4.78, 5) is 29.9. The number of aryl methyl sites for hydroxylation is 1. The van der Waals surface area contributed by atoms with Crippen molar-refractivity contribution in [2.45, 2.75) is 32.2 Å². The van der Waals surface area contributed by atoms with Gasteiger partial charge in [-0.1, -0.05) is 23.4 Å². The summed E-state index contributed by atoms with van der Waals surface area (Å²) in [5.41, 5.74) is 1.32. The lowest BCUT2D eigenvalue weighted by atomic mass is 10.0. The lowest BCUT2D eigenvalue weighted by molar-refractivity contribution is -0.148. The second-order valence-electron chi connectivity index (χ2n) is 6.15. The Kier molecular flexibility index (Phi) is 3.96. The third kappa shape index (κ3) is 3.12. The Morgan fingerprint density at radius 1 is 1.36 bits per heavy atom. The topological polar surface area (TPSA) is 94.8 Å². The first-order valence-corrected chi connectivity index (χ1v) is 8.08. The van der Waals surface area contributed by atoms with E-state index in [-0.39, 0.29) is 31.0 Å². The Morgan fingerprint density at radius 2 is 2.16 bits per heavy atom. The van der Waals surface area contributed by atoms with Crippen molar-refractivity contribution in [3.05, 3.63) is 47.1 Å². The molecule has 130 valence electrons. The van der Waals surface area contributed by atoms with Crippen LogP contribution in [0.15, 0.2) is 28.8 Å². The monoisotopic (exact) mass is 343 g/mol. The highest BCUT2D eigenvalue weighted by Gasteiger charge is 2.37. The van der Waals surface area contributed by atoms with Gasteiger partial charge in [-0.25, -0.2) is 4.79 Å². The van der Waals surface area contributed by atoms with Crippen LogP contribution in [-0.4, -0.2) is 46.1 Å². The molecule has 0 saturated carbocycles. The normalized spacial score (nSPS) is 19.5. The number of cyclic esters (lactones) is 1. The van der Waals surface area contributed by atoms with E-state index in [1.165, 1.54) is 0 Å². The molecule has 1 amide bonds. The average Bonchev–Trinajstić information content (AvgIpc) is 3.10. The summed E-state index contributed by atoms with van der Waals surface area (Å²) in [6.45, 7) is 2.99. The molecular weight excluding hydrogens is 326 g/mol. The zero-order chi connectivity index (χ0) is 17.4. The van der Waals surface area contributed by atoms with E-state index in [1.54, 1.807) is 24.0 Å². The molecule has 0 spiro atoms. The highest BCUT2D eigenvalue weighted by Crippen LogP contribution is 2.33. The minimum atomic E-state index is -0.502. The van der Waals surface area contributed by atoms with E-state index >= 15 is 0 Å². The highest BCUT2D eigenvalue weighted by atomic mass is 16.5. The molecule has 8 nitrogen and oxygen atoms in total. The number of carbonyl (C=O) groups excluding carboxylic acids is 2. The minimum Gasteiger partial charge on any atom is -0.453 e. The van der Waals surface area contributed by atoms with Crippen LogP contribution in [0.5, 0.6) is 0 Å². The summed E-state index contributed by atoms with van der Waals surface area (Å²) in [5, 5.41) is 3.69. The number of rotatable bonds is 5. The zero-order valence-electron chi connectivity index (χ0n) is 13.7. The first-order valence-electron chi connectivity index (χ1n) is 8.08. The maximum atomic E-state index is 12.4. The van der Waals surface area contributed by atoms with Crippen LogP contribution in [0.25, 0.3) is 0 Å². The molecule has 1 aromatic heterocycles. The van der Waals surface area contributed by atoms with E-state index < -0.39 is 6.10 Å². The van der Waals surface area contributed by atoms with Gasteiger partial charge in [0.05, 0.1) is 18.1 Å². The summed E-state index contributed by atoms with van der Waals surface area (Å²) in [5.74, 6) is 0.572. The minimum absolute atomic E-state index is 0.0467. The van der Waals surface area contributed by atoms with Crippen LogP contribution < -0.4 is 0 Å². The lowest BCUT2D eigenvalue weighted by Crippen LogP contribution is -2.54. The van der Waals surface area contributed by atoms with Gasteiger partial charge in [0.2, 0.25) is 5.91 Å². The molecule has 1 atom stereocenters. The Bertz CT molecular complexity index is 812. The maximum absolute atomic E-state index is 12.4. The number of esters is 1. The van der Waals surface area contributed by atoms with Crippen molar-refractivity contribution in [2.75, 3.05) is 13.1 Å². The number of likely N-dealkylation sites (tertiary alicyclic amines) is 1. The van der Waals surface area contributed by atoms with Crippen molar-refractivity contribution in [3.8, 4) is 0 Å². The van der Waals surface area contributed by atoms with E-state index in [4.69, 9.17) is 14.0 Å². The van der Waals surface area contributed by atoms with Gasteiger partial charge in [-0.3, -0.25) is 4.79 Å². The average molecular weight is 343 g/mol. The van der Waals surface area contributed by atoms with Crippen LogP contribution in [0.2, 0.25) is 0 Å². The second kappa shape index (κ2) is 6.29. The molecule has 2 aliphatic rings. The van der Waals surface area contributed by atoms with Crippen LogP contribution in [0.4, 0.5) is 0 Å². The SMILES string of the molecule is Cc1noc(COC2CN(C(=O)CC3OC(=O)c4ccccc43)C2)n1. The quantitative estimate of drug-likeness (QED) is 0.757. The fourth-order valence-corrected chi connectivity index (χ4v) is 2.99. The van der Waals surface area contributed by atoms with E-state index in [0.717, 1.165) is 5.56 Å². The molecule has 0 radical (unpaired) electrons. The molecule has 1 unspecified atom stereocenters. The van der Waals surface area contributed by atoms with Crippen LogP contribution in [0.3, 0.4) is 0 Å².